The standard InChI is InChI=1S/C59H37N5.C57H35N5/c1-2-13-38(14-3-1)43-19-12-20-48(35-43)63-53-23-10-8-21-49(53)51-36-44(29-31-55(51)63)45-30-32-56-52(37-45)50-22-9-11-24-54(50)64(56)59-61-57(46-27-25-39-15-4-6-17-41(39)33-46)60-58(62-59)47-28-26-40-16-5-7-18-42(40)34-47;1-3-15-39-32-43(26-24-36(39)12-1)55-58-56(44-27-25-37-13-2-4-16-40(37)33-44)60-57(59-55)62-52-22-10-8-20-47(52)49-35-42(29-31-54(49)62)41-28-30-53-48(34-41)46-19-7-9-21-51(46)61(53)50-23-11-17-38-14-5-6-18-45(38)50/h1-37H;1-35H. The van der Waals surface area contributed by atoms with Crippen molar-refractivity contribution in [2.75, 3.05) is 0 Å². The minimum Gasteiger partial charge on any atom is -0.309 e. The predicted octanol–water partition coefficient (Wildman–Crippen LogP) is 29.6. The Kier molecular flexibility index (Phi) is 16.7. The molecule has 20 aromatic carbocycles. The van der Waals surface area contributed by atoms with Crippen molar-refractivity contribution < 1.29 is 0 Å². The molecule has 6 heterocycles. The summed E-state index contributed by atoms with van der Waals surface area (Å²) in [5.41, 5.74) is 21.9. The molecule has 0 N–H and O–H groups in total. The van der Waals surface area contributed by atoms with Gasteiger partial charge in [0.1, 0.15) is 0 Å². The predicted molar refractivity (Wildman–Crippen MR) is 523 cm³/mol. The van der Waals surface area contributed by atoms with Gasteiger partial charge in [-0.3, -0.25) is 9.13 Å². The van der Waals surface area contributed by atoms with Gasteiger partial charge in [0.05, 0.1) is 49.8 Å². The molecule has 0 aliphatic heterocycles. The maximum atomic E-state index is 5.27. The average Bonchev–Trinajstić information content (AvgIpc) is 1.46. The van der Waals surface area contributed by atoms with Gasteiger partial charge in [0.2, 0.25) is 11.9 Å². The van der Waals surface area contributed by atoms with E-state index in [2.05, 4.69) is 455 Å². The Labute approximate surface area is 723 Å². The van der Waals surface area contributed by atoms with Crippen LogP contribution in [0.1, 0.15) is 0 Å². The molecule has 0 unspecified atom stereocenters. The fourth-order valence-corrected chi connectivity index (χ4v) is 19.2. The Balaban J connectivity index is 0.000000137. The molecule has 10 heteroatoms. The lowest BCUT2D eigenvalue weighted by molar-refractivity contribution is 0.953. The fraction of sp³-hybridized carbons (Fsp3) is 0. The Morgan fingerprint density at radius 3 is 0.802 bits per heavy atom. The zero-order valence-electron chi connectivity index (χ0n) is 68.0. The summed E-state index contributed by atoms with van der Waals surface area (Å²) in [4.78, 5) is 31.4. The second kappa shape index (κ2) is 29.4. The van der Waals surface area contributed by atoms with Crippen LogP contribution in [0.5, 0.6) is 0 Å². The number of hydrogen-bond acceptors (Lipinski definition) is 6. The van der Waals surface area contributed by atoms with Gasteiger partial charge in [-0.1, -0.05) is 322 Å². The van der Waals surface area contributed by atoms with Crippen molar-refractivity contribution >= 4 is 141 Å². The molecule has 0 spiro atoms. The third-order valence-electron chi connectivity index (χ3n) is 25.3. The van der Waals surface area contributed by atoms with E-state index in [1.54, 1.807) is 0 Å². The summed E-state index contributed by atoms with van der Waals surface area (Å²) in [5.74, 6) is 3.66. The summed E-state index contributed by atoms with van der Waals surface area (Å²) >= 11 is 0. The van der Waals surface area contributed by atoms with Gasteiger partial charge < -0.3 is 9.13 Å². The van der Waals surface area contributed by atoms with Crippen LogP contribution in [0.3, 0.4) is 0 Å². The van der Waals surface area contributed by atoms with Gasteiger partial charge >= 0.3 is 0 Å². The Morgan fingerprint density at radius 2 is 0.405 bits per heavy atom. The van der Waals surface area contributed by atoms with E-state index in [1.165, 1.54) is 92.7 Å². The summed E-state index contributed by atoms with van der Waals surface area (Å²) in [6.07, 6.45) is 0. The second-order valence-corrected chi connectivity index (χ2v) is 32.6. The van der Waals surface area contributed by atoms with E-state index in [-0.39, 0.29) is 0 Å². The number of aromatic nitrogens is 10. The van der Waals surface area contributed by atoms with E-state index in [9.17, 15) is 0 Å². The van der Waals surface area contributed by atoms with Crippen LogP contribution in [0, 0.1) is 0 Å². The minimum absolute atomic E-state index is 0.575. The smallest absolute Gasteiger partial charge is 0.238 e. The van der Waals surface area contributed by atoms with Crippen LogP contribution in [0.15, 0.2) is 437 Å². The SMILES string of the molecule is c1ccc(-c2cccc(-n3c4ccccc4c4cc(-c5ccc6c(c5)c5ccccc5n6-c5nc(-c6ccc7ccccc7c6)nc(-c6ccc7ccccc7c6)n5)ccc43)c2)cc1.c1ccc2cc(-c3nc(-c4ccc5ccccc5c4)nc(-n4c5ccccc5c5cc(-c6ccc7c(c6)c6ccccc6n7-c6cccc7ccccc67)ccc54)n3)ccc2c1. The van der Waals surface area contributed by atoms with Crippen molar-refractivity contribution in [2.45, 2.75) is 0 Å². The zero-order valence-corrected chi connectivity index (χ0v) is 68.0. The van der Waals surface area contributed by atoms with Crippen molar-refractivity contribution in [1.82, 2.24) is 48.2 Å². The number of hydrogen-bond donors (Lipinski definition) is 0. The lowest BCUT2D eigenvalue weighted by atomic mass is 10.0. The molecule has 0 aliphatic carbocycles. The highest BCUT2D eigenvalue weighted by Gasteiger charge is 2.25. The first kappa shape index (κ1) is 71.8. The summed E-state index contributed by atoms with van der Waals surface area (Å²) in [6, 6.07) is 156. The third-order valence-corrected chi connectivity index (χ3v) is 25.3. The fourth-order valence-electron chi connectivity index (χ4n) is 19.2. The number of para-hydroxylation sites is 4. The molecule has 26 rings (SSSR count). The zero-order chi connectivity index (χ0) is 82.9. The molecule has 126 heavy (non-hydrogen) atoms. The molecule has 26 aromatic rings. The van der Waals surface area contributed by atoms with E-state index in [0.717, 1.165) is 115 Å². The van der Waals surface area contributed by atoms with Crippen molar-refractivity contribution in [3.8, 4) is 102 Å². The topological polar surface area (TPSA) is 97.1 Å². The Hall–Kier alpha value is -17.1. The van der Waals surface area contributed by atoms with Crippen LogP contribution in [-0.4, -0.2) is 48.2 Å². The lowest BCUT2D eigenvalue weighted by Gasteiger charge is -2.12. The Bertz CT molecular complexity index is 8760. The number of benzene rings is 20. The van der Waals surface area contributed by atoms with Gasteiger partial charge in [0.15, 0.2) is 23.3 Å². The maximum absolute atomic E-state index is 5.27. The van der Waals surface area contributed by atoms with Crippen LogP contribution in [-0.2, 0) is 0 Å². The van der Waals surface area contributed by atoms with Gasteiger partial charge in [-0.25, -0.2) is 9.97 Å². The molecule has 10 nitrogen and oxygen atoms in total. The summed E-state index contributed by atoms with van der Waals surface area (Å²) in [5, 5.41) is 21.1. The molecule has 0 saturated heterocycles. The first-order valence-electron chi connectivity index (χ1n) is 42.7. The number of nitrogens with zero attached hydrogens (tertiary/aromatic N) is 10. The molecule has 0 atom stereocenters. The first-order valence-corrected chi connectivity index (χ1v) is 42.7. The Morgan fingerprint density at radius 1 is 0.135 bits per heavy atom. The second-order valence-electron chi connectivity index (χ2n) is 32.6. The van der Waals surface area contributed by atoms with Gasteiger partial charge in [-0.2, -0.15) is 19.9 Å². The van der Waals surface area contributed by atoms with Crippen LogP contribution in [0.4, 0.5) is 0 Å². The number of rotatable bonds is 11. The van der Waals surface area contributed by atoms with Crippen molar-refractivity contribution in [2.24, 2.45) is 0 Å². The highest BCUT2D eigenvalue weighted by molar-refractivity contribution is 6.16. The molecule has 0 radical (unpaired) electrons. The average molecular weight is 1610 g/mol. The molecule has 0 saturated carbocycles. The first-order chi connectivity index (χ1) is 62.4. The van der Waals surface area contributed by atoms with E-state index in [0.29, 0.717) is 35.2 Å². The third kappa shape index (κ3) is 12.2. The largest absolute Gasteiger partial charge is 0.309 e. The van der Waals surface area contributed by atoms with Crippen LogP contribution in [0.2, 0.25) is 0 Å². The molecule has 586 valence electrons. The highest BCUT2D eigenvalue weighted by atomic mass is 15.2. The van der Waals surface area contributed by atoms with E-state index in [4.69, 9.17) is 29.9 Å². The highest BCUT2D eigenvalue weighted by Crippen LogP contribution is 2.44. The van der Waals surface area contributed by atoms with Crippen molar-refractivity contribution in [3.63, 3.8) is 0 Å². The van der Waals surface area contributed by atoms with E-state index in [1.807, 2.05) is 0 Å². The molecule has 0 fully saturated rings. The van der Waals surface area contributed by atoms with Gasteiger partial charge in [-0.15, -0.1) is 0 Å². The van der Waals surface area contributed by atoms with Crippen LogP contribution >= 0.6 is 0 Å². The number of fused-ring (bicyclic) bond motifs is 17. The quantitative estimate of drug-likeness (QED) is 0.128. The van der Waals surface area contributed by atoms with Gasteiger partial charge in [0, 0.05) is 76.4 Å². The molecular formula is C116H72N10. The molecule has 6 aromatic heterocycles. The molecule has 0 amide bonds. The molecular weight excluding hydrogens is 1530 g/mol. The summed E-state index contributed by atoms with van der Waals surface area (Å²) in [6.45, 7) is 0. The molecule has 0 aliphatic rings. The minimum atomic E-state index is 0.575. The molecule has 0 bridgehead atoms. The van der Waals surface area contributed by atoms with Crippen molar-refractivity contribution in [3.05, 3.63) is 437 Å². The van der Waals surface area contributed by atoms with E-state index < -0.39 is 0 Å². The van der Waals surface area contributed by atoms with Crippen LogP contribution in [0.25, 0.3) is 243 Å². The van der Waals surface area contributed by atoms with E-state index >= 15 is 0 Å². The normalized spacial score (nSPS) is 11.8. The summed E-state index contributed by atoms with van der Waals surface area (Å²) in [7, 11) is 0. The van der Waals surface area contributed by atoms with Crippen molar-refractivity contribution in [1.29, 1.82) is 0 Å². The van der Waals surface area contributed by atoms with Gasteiger partial charge in [0.25, 0.3) is 0 Å². The monoisotopic (exact) mass is 1600 g/mol. The summed E-state index contributed by atoms with van der Waals surface area (Å²) < 4.78 is 9.21. The van der Waals surface area contributed by atoms with Crippen LogP contribution < -0.4 is 0 Å². The van der Waals surface area contributed by atoms with Gasteiger partial charge in [-0.05, 0) is 197 Å². The lowest BCUT2D eigenvalue weighted by Crippen LogP contribution is -2.06. The maximum Gasteiger partial charge on any atom is 0.238 e.